The average molecular weight is 445 g/mol. The normalized spacial score (nSPS) is 10.7. The quantitative estimate of drug-likeness (QED) is 0.155. The molecule has 0 heterocycles. The summed E-state index contributed by atoms with van der Waals surface area (Å²) in [6.45, 7) is 5.19. The first-order chi connectivity index (χ1) is 13.7. The Morgan fingerprint density at radius 2 is 0.828 bits per heavy atom. The molecule has 164 valence electrons. The first-order valence-electron chi connectivity index (χ1n) is 9.81. The Kier molecular flexibility index (Phi) is 16.2. The van der Waals surface area contributed by atoms with Crippen molar-refractivity contribution in [1.82, 2.24) is 0 Å². The van der Waals surface area contributed by atoms with Gasteiger partial charge in [-0.1, -0.05) is 30.6 Å². The summed E-state index contributed by atoms with van der Waals surface area (Å²) in [5.41, 5.74) is 0. The molecular weight excluding hydrogens is 412 g/mol. The summed E-state index contributed by atoms with van der Waals surface area (Å²) in [4.78, 5) is 44.0. The number of esters is 4. The number of carbonyl (C=O) groups excluding carboxylic acids is 4. The maximum atomic E-state index is 11.0. The summed E-state index contributed by atoms with van der Waals surface area (Å²) in [6.07, 6.45) is 2.35. The summed E-state index contributed by atoms with van der Waals surface area (Å²) in [6, 6.07) is 4.35. The molecule has 0 fully saturated rings. The molecule has 0 amide bonds. The standard InChI is InChI=1S/C19H32O8Si2/c1-14(20)24-18(25-15(2)21)8-5-10-28-12-7-13-29-11-6-9-19(26-16(3)22)27-17(4)23/h18-19H,5-13H2,1-4H3. The van der Waals surface area contributed by atoms with E-state index in [9.17, 15) is 19.2 Å². The van der Waals surface area contributed by atoms with Gasteiger partial charge >= 0.3 is 23.9 Å². The van der Waals surface area contributed by atoms with Crippen LogP contribution in [-0.4, -0.2) is 55.5 Å². The van der Waals surface area contributed by atoms with Crippen LogP contribution in [0.4, 0.5) is 0 Å². The molecule has 0 aliphatic carbocycles. The van der Waals surface area contributed by atoms with Gasteiger partial charge in [0.15, 0.2) is 0 Å². The highest BCUT2D eigenvalue weighted by molar-refractivity contribution is 6.37. The van der Waals surface area contributed by atoms with Crippen LogP contribution in [0.3, 0.4) is 0 Å². The third-order valence-corrected chi connectivity index (χ3v) is 6.31. The zero-order valence-corrected chi connectivity index (χ0v) is 19.8. The lowest BCUT2D eigenvalue weighted by atomic mass is 10.3. The largest absolute Gasteiger partial charge is 0.425 e. The minimum Gasteiger partial charge on any atom is -0.425 e. The summed E-state index contributed by atoms with van der Waals surface area (Å²) >= 11 is 0. The van der Waals surface area contributed by atoms with Gasteiger partial charge in [0.1, 0.15) is 0 Å². The molecule has 0 aromatic rings. The minimum atomic E-state index is -0.779. The van der Waals surface area contributed by atoms with Crippen LogP contribution >= 0.6 is 0 Å². The summed E-state index contributed by atoms with van der Waals surface area (Å²) in [5.74, 6) is -1.81. The number of hydrogen-bond acceptors (Lipinski definition) is 8. The molecule has 0 unspecified atom stereocenters. The van der Waals surface area contributed by atoms with E-state index in [0.717, 1.165) is 62.5 Å². The number of ether oxygens (including phenoxy) is 4. The highest BCUT2D eigenvalue weighted by Crippen LogP contribution is 2.11. The first-order valence-corrected chi connectivity index (χ1v) is 12.6. The van der Waals surface area contributed by atoms with Crippen molar-refractivity contribution >= 4 is 42.9 Å². The summed E-state index contributed by atoms with van der Waals surface area (Å²) in [7, 11) is 1.67. The molecule has 0 aliphatic heterocycles. The smallest absolute Gasteiger partial charge is 0.305 e. The Labute approximate surface area is 178 Å². The SMILES string of the molecule is CC(=O)OC(CCC[Si]CCC[Si]CCCC(OC(C)=O)OC(C)=O)OC(C)=O. The lowest BCUT2D eigenvalue weighted by molar-refractivity contribution is -0.187. The van der Waals surface area contributed by atoms with Crippen molar-refractivity contribution in [3.05, 3.63) is 0 Å². The molecule has 0 saturated heterocycles. The lowest BCUT2D eigenvalue weighted by Gasteiger charge is -2.16. The molecular formula is C19H32O8Si2. The highest BCUT2D eigenvalue weighted by Gasteiger charge is 2.15. The van der Waals surface area contributed by atoms with E-state index in [4.69, 9.17) is 18.9 Å². The van der Waals surface area contributed by atoms with Gasteiger partial charge in [-0.15, -0.1) is 0 Å². The predicted molar refractivity (Wildman–Crippen MR) is 108 cm³/mol. The maximum absolute atomic E-state index is 11.0. The van der Waals surface area contributed by atoms with Crippen LogP contribution in [0.1, 0.15) is 59.8 Å². The fourth-order valence-corrected chi connectivity index (χ4v) is 5.02. The number of rotatable bonds is 16. The van der Waals surface area contributed by atoms with E-state index in [1.54, 1.807) is 0 Å². The van der Waals surface area contributed by atoms with Crippen molar-refractivity contribution in [3.63, 3.8) is 0 Å². The molecule has 10 heteroatoms. The van der Waals surface area contributed by atoms with Gasteiger partial charge in [-0.2, -0.15) is 0 Å². The Morgan fingerprint density at radius 3 is 1.10 bits per heavy atom. The van der Waals surface area contributed by atoms with E-state index >= 15 is 0 Å². The van der Waals surface area contributed by atoms with Crippen molar-refractivity contribution in [2.45, 2.75) is 96.6 Å². The van der Waals surface area contributed by atoms with Crippen molar-refractivity contribution in [2.24, 2.45) is 0 Å². The van der Waals surface area contributed by atoms with Gasteiger partial charge in [-0.05, 0) is 12.8 Å². The van der Waals surface area contributed by atoms with Crippen LogP contribution in [0, 0.1) is 0 Å². The van der Waals surface area contributed by atoms with Crippen molar-refractivity contribution in [2.75, 3.05) is 0 Å². The number of carbonyl (C=O) groups is 4. The van der Waals surface area contributed by atoms with Crippen molar-refractivity contribution in [1.29, 1.82) is 0 Å². The van der Waals surface area contributed by atoms with E-state index in [-0.39, 0.29) is 0 Å². The molecule has 0 spiro atoms. The third kappa shape index (κ3) is 19.4. The van der Waals surface area contributed by atoms with Crippen molar-refractivity contribution < 1.29 is 38.1 Å². The molecule has 4 radical (unpaired) electrons. The molecule has 0 N–H and O–H groups in total. The van der Waals surface area contributed by atoms with Crippen molar-refractivity contribution in [3.8, 4) is 0 Å². The van der Waals surface area contributed by atoms with E-state index in [0.29, 0.717) is 12.8 Å². The van der Waals surface area contributed by atoms with Crippen LogP contribution in [0.15, 0.2) is 0 Å². The van der Waals surface area contributed by atoms with Gasteiger partial charge in [-0.25, -0.2) is 0 Å². The monoisotopic (exact) mass is 444 g/mol. The van der Waals surface area contributed by atoms with Crippen LogP contribution in [0.2, 0.25) is 24.2 Å². The molecule has 0 rings (SSSR count). The average Bonchev–Trinajstić information content (AvgIpc) is 2.57. The fraction of sp³-hybridized carbons (Fsp3) is 0.789. The zero-order chi connectivity index (χ0) is 22.1. The van der Waals surface area contributed by atoms with Gasteiger partial charge in [0.25, 0.3) is 0 Å². The molecule has 0 aliphatic rings. The molecule has 8 nitrogen and oxygen atoms in total. The summed E-state index contributed by atoms with van der Waals surface area (Å²) < 4.78 is 19.9. The van der Waals surface area contributed by atoms with E-state index in [2.05, 4.69) is 0 Å². The second-order valence-electron chi connectivity index (χ2n) is 6.43. The Hall–Kier alpha value is -1.69. The highest BCUT2D eigenvalue weighted by atomic mass is 28.2. The van der Waals surface area contributed by atoms with Gasteiger partial charge in [0, 0.05) is 59.6 Å². The molecule has 0 atom stereocenters. The molecule has 0 aromatic carbocycles. The van der Waals surface area contributed by atoms with E-state index in [1.165, 1.54) is 27.7 Å². The minimum absolute atomic E-state index is 0.452. The second kappa shape index (κ2) is 17.2. The molecule has 0 aromatic heterocycles. The molecule has 0 saturated carbocycles. The zero-order valence-electron chi connectivity index (χ0n) is 17.8. The lowest BCUT2D eigenvalue weighted by Crippen LogP contribution is -2.22. The topological polar surface area (TPSA) is 105 Å². The van der Waals surface area contributed by atoms with Crippen LogP contribution in [0.25, 0.3) is 0 Å². The number of hydrogen-bond donors (Lipinski definition) is 0. The van der Waals surface area contributed by atoms with Gasteiger partial charge < -0.3 is 18.9 Å². The fourth-order valence-electron chi connectivity index (χ4n) is 2.40. The van der Waals surface area contributed by atoms with Gasteiger partial charge in [0.05, 0.1) is 0 Å². The van der Waals surface area contributed by atoms with Crippen LogP contribution in [0.5, 0.6) is 0 Å². The molecule has 0 bridgehead atoms. The van der Waals surface area contributed by atoms with Crippen LogP contribution in [-0.2, 0) is 38.1 Å². The summed E-state index contributed by atoms with van der Waals surface area (Å²) in [5, 5.41) is 0. The Bertz CT molecular complexity index is 436. The maximum Gasteiger partial charge on any atom is 0.305 e. The van der Waals surface area contributed by atoms with Gasteiger partial charge in [0.2, 0.25) is 12.6 Å². The molecule has 29 heavy (non-hydrogen) atoms. The first kappa shape index (κ1) is 27.3. The van der Waals surface area contributed by atoms with E-state index in [1.807, 2.05) is 0 Å². The third-order valence-electron chi connectivity index (χ3n) is 3.48. The predicted octanol–water partition coefficient (Wildman–Crippen LogP) is 2.92. The Morgan fingerprint density at radius 1 is 0.552 bits per heavy atom. The second-order valence-corrected chi connectivity index (χ2v) is 9.43. The van der Waals surface area contributed by atoms with Gasteiger partial charge in [-0.3, -0.25) is 19.2 Å². The van der Waals surface area contributed by atoms with E-state index < -0.39 is 36.5 Å². The van der Waals surface area contributed by atoms with Crippen LogP contribution < -0.4 is 0 Å². The Balaban J connectivity index is 3.67.